The van der Waals surface area contributed by atoms with E-state index in [4.69, 9.17) is 9.47 Å². The zero-order valence-electron chi connectivity index (χ0n) is 11.5. The Kier molecular flexibility index (Phi) is 6.11. The summed E-state index contributed by atoms with van der Waals surface area (Å²) in [6, 6.07) is 3.78. The molecule has 0 aliphatic carbocycles. The van der Waals surface area contributed by atoms with E-state index in [1.54, 1.807) is 14.0 Å². The van der Waals surface area contributed by atoms with Crippen molar-refractivity contribution in [2.24, 2.45) is 0 Å². The van der Waals surface area contributed by atoms with Crippen LogP contribution in [0.15, 0.2) is 16.6 Å². The number of carbonyl (C=O) groups is 1. The van der Waals surface area contributed by atoms with Gasteiger partial charge in [-0.2, -0.15) is 0 Å². The van der Waals surface area contributed by atoms with E-state index in [1.165, 1.54) is 7.11 Å². The van der Waals surface area contributed by atoms with E-state index >= 15 is 0 Å². The van der Waals surface area contributed by atoms with Crippen LogP contribution in [0.5, 0.6) is 11.5 Å². The van der Waals surface area contributed by atoms with Crippen LogP contribution in [0.3, 0.4) is 0 Å². The van der Waals surface area contributed by atoms with Crippen molar-refractivity contribution in [3.8, 4) is 11.5 Å². The van der Waals surface area contributed by atoms with Crippen molar-refractivity contribution >= 4 is 21.9 Å². The lowest BCUT2D eigenvalue weighted by Crippen LogP contribution is -2.25. The maximum Gasteiger partial charge on any atom is 0.346 e. The largest absolute Gasteiger partial charge is 0.493 e. The average Bonchev–Trinajstić information content (AvgIpc) is 2.40. The average molecular weight is 332 g/mol. The molecule has 0 radical (unpaired) electrons. The van der Waals surface area contributed by atoms with Gasteiger partial charge in [-0.1, -0.05) is 0 Å². The van der Waals surface area contributed by atoms with Gasteiger partial charge in [-0.3, -0.25) is 0 Å². The molecule has 1 unspecified atom stereocenters. The number of hydrogen-bond donors (Lipinski definition) is 1. The molecule has 1 aromatic carbocycles. The van der Waals surface area contributed by atoms with Crippen LogP contribution in [0, 0.1) is 0 Å². The van der Waals surface area contributed by atoms with Gasteiger partial charge in [0.2, 0.25) is 0 Å². The lowest BCUT2D eigenvalue weighted by molar-refractivity contribution is -0.147. The molecule has 6 heteroatoms. The van der Waals surface area contributed by atoms with Gasteiger partial charge in [-0.15, -0.1) is 0 Å². The molecular formula is C13H18BrNO4. The van der Waals surface area contributed by atoms with E-state index < -0.39 is 12.1 Å². The van der Waals surface area contributed by atoms with Crippen LogP contribution in [0.25, 0.3) is 0 Å². The minimum absolute atomic E-state index is 0.437. The number of hydrogen-bond acceptors (Lipinski definition) is 5. The Hall–Kier alpha value is -1.27. The van der Waals surface area contributed by atoms with Gasteiger partial charge in [0, 0.05) is 6.54 Å². The maximum absolute atomic E-state index is 11.4. The molecule has 5 nitrogen and oxygen atoms in total. The molecule has 0 aliphatic rings. The van der Waals surface area contributed by atoms with Gasteiger partial charge in [0.25, 0.3) is 0 Å². The van der Waals surface area contributed by atoms with Crippen molar-refractivity contribution in [3.05, 3.63) is 22.2 Å². The quantitative estimate of drug-likeness (QED) is 0.809. The van der Waals surface area contributed by atoms with Crippen molar-refractivity contribution in [3.63, 3.8) is 0 Å². The SMILES string of the molecule is CNCc1cc(Br)c(OC(C)C(=O)OC)c(OC)c1. The summed E-state index contributed by atoms with van der Waals surface area (Å²) in [5, 5.41) is 3.06. The third-order valence-electron chi connectivity index (χ3n) is 2.50. The van der Waals surface area contributed by atoms with Gasteiger partial charge < -0.3 is 19.5 Å². The van der Waals surface area contributed by atoms with Gasteiger partial charge >= 0.3 is 5.97 Å². The van der Waals surface area contributed by atoms with Crippen LogP contribution in [0.1, 0.15) is 12.5 Å². The molecule has 0 bridgehead atoms. The summed E-state index contributed by atoms with van der Waals surface area (Å²) in [6.07, 6.45) is -0.703. The summed E-state index contributed by atoms with van der Waals surface area (Å²) in [7, 11) is 4.75. The Bertz CT molecular complexity index is 451. The molecule has 106 valence electrons. The Morgan fingerprint density at radius 1 is 1.42 bits per heavy atom. The molecule has 1 aromatic rings. The molecule has 0 aliphatic heterocycles. The molecule has 0 aromatic heterocycles. The minimum atomic E-state index is -0.703. The van der Waals surface area contributed by atoms with Crippen LogP contribution in [0.2, 0.25) is 0 Å². The first kappa shape index (κ1) is 15.8. The number of methoxy groups -OCH3 is 2. The van der Waals surface area contributed by atoms with Crippen molar-refractivity contribution in [2.45, 2.75) is 19.6 Å². The summed E-state index contributed by atoms with van der Waals surface area (Å²) in [5.74, 6) is 0.615. The van der Waals surface area contributed by atoms with Crippen LogP contribution in [-0.4, -0.2) is 33.3 Å². The van der Waals surface area contributed by atoms with Gasteiger partial charge in [-0.05, 0) is 47.6 Å². The second kappa shape index (κ2) is 7.35. The molecule has 1 N–H and O–H groups in total. The number of halogens is 1. The number of nitrogens with one attached hydrogen (secondary N) is 1. The van der Waals surface area contributed by atoms with Crippen molar-refractivity contribution in [1.82, 2.24) is 5.32 Å². The van der Waals surface area contributed by atoms with Crippen molar-refractivity contribution in [1.29, 1.82) is 0 Å². The van der Waals surface area contributed by atoms with Gasteiger partial charge in [0.05, 0.1) is 18.7 Å². The highest BCUT2D eigenvalue weighted by molar-refractivity contribution is 9.10. The topological polar surface area (TPSA) is 56.8 Å². The second-order valence-corrected chi connectivity index (χ2v) is 4.78. The van der Waals surface area contributed by atoms with Crippen LogP contribution in [0.4, 0.5) is 0 Å². The Morgan fingerprint density at radius 3 is 2.63 bits per heavy atom. The molecule has 1 atom stereocenters. The summed E-state index contributed by atoms with van der Waals surface area (Å²) < 4.78 is 16.2. The first-order chi connectivity index (χ1) is 9.03. The molecule has 0 saturated heterocycles. The second-order valence-electron chi connectivity index (χ2n) is 3.92. The molecule has 0 fully saturated rings. The smallest absolute Gasteiger partial charge is 0.346 e. The standard InChI is InChI=1S/C13H18BrNO4/c1-8(13(16)18-4)19-12-10(14)5-9(7-15-2)6-11(12)17-3/h5-6,8,15H,7H2,1-4H3. The minimum Gasteiger partial charge on any atom is -0.493 e. The number of carbonyl (C=O) groups excluding carboxylic acids is 1. The third-order valence-corrected chi connectivity index (χ3v) is 3.09. The third kappa shape index (κ3) is 4.11. The van der Waals surface area contributed by atoms with E-state index in [0.717, 1.165) is 10.0 Å². The predicted octanol–water partition coefficient (Wildman–Crippen LogP) is 2.12. The molecular weight excluding hydrogens is 314 g/mol. The van der Waals surface area contributed by atoms with Gasteiger partial charge in [-0.25, -0.2) is 4.79 Å². The summed E-state index contributed by atoms with van der Waals surface area (Å²) in [6.45, 7) is 2.33. The lowest BCUT2D eigenvalue weighted by atomic mass is 10.2. The summed E-state index contributed by atoms with van der Waals surface area (Å²) >= 11 is 3.42. The fourth-order valence-corrected chi connectivity index (χ4v) is 2.17. The molecule has 0 saturated carbocycles. The zero-order valence-corrected chi connectivity index (χ0v) is 13.0. The van der Waals surface area contributed by atoms with Gasteiger partial charge in [0.1, 0.15) is 0 Å². The Morgan fingerprint density at radius 2 is 2.11 bits per heavy atom. The van der Waals surface area contributed by atoms with E-state index in [1.807, 2.05) is 19.2 Å². The lowest BCUT2D eigenvalue weighted by Gasteiger charge is -2.17. The fourth-order valence-electron chi connectivity index (χ4n) is 1.58. The van der Waals surface area contributed by atoms with E-state index in [-0.39, 0.29) is 0 Å². The van der Waals surface area contributed by atoms with Crippen LogP contribution < -0.4 is 14.8 Å². The fraction of sp³-hybridized carbons (Fsp3) is 0.462. The number of benzene rings is 1. The number of ether oxygens (including phenoxy) is 3. The molecule has 19 heavy (non-hydrogen) atoms. The summed E-state index contributed by atoms with van der Waals surface area (Å²) in [4.78, 5) is 11.4. The van der Waals surface area contributed by atoms with E-state index in [0.29, 0.717) is 18.0 Å². The first-order valence-corrected chi connectivity index (χ1v) is 6.58. The molecule has 0 amide bonds. The van der Waals surface area contributed by atoms with Crippen LogP contribution in [-0.2, 0) is 16.1 Å². The van der Waals surface area contributed by atoms with Crippen molar-refractivity contribution < 1.29 is 19.0 Å². The Balaban J connectivity index is 3.02. The number of rotatable bonds is 6. The van der Waals surface area contributed by atoms with E-state index in [2.05, 4.69) is 26.0 Å². The van der Waals surface area contributed by atoms with Gasteiger partial charge in [0.15, 0.2) is 17.6 Å². The van der Waals surface area contributed by atoms with Crippen LogP contribution >= 0.6 is 15.9 Å². The first-order valence-electron chi connectivity index (χ1n) is 5.79. The molecule has 0 heterocycles. The predicted molar refractivity (Wildman–Crippen MR) is 75.6 cm³/mol. The highest BCUT2D eigenvalue weighted by Crippen LogP contribution is 2.37. The monoisotopic (exact) mass is 331 g/mol. The normalized spacial score (nSPS) is 11.8. The Labute approximate surface area is 121 Å². The molecule has 1 rings (SSSR count). The number of esters is 1. The maximum atomic E-state index is 11.4. The highest BCUT2D eigenvalue weighted by atomic mass is 79.9. The highest BCUT2D eigenvalue weighted by Gasteiger charge is 2.19. The van der Waals surface area contributed by atoms with E-state index in [9.17, 15) is 4.79 Å². The van der Waals surface area contributed by atoms with Crippen molar-refractivity contribution in [2.75, 3.05) is 21.3 Å². The molecule has 0 spiro atoms. The zero-order chi connectivity index (χ0) is 14.4. The summed E-state index contributed by atoms with van der Waals surface area (Å²) in [5.41, 5.74) is 1.05.